The van der Waals surface area contributed by atoms with Crippen LogP contribution in [-0.2, 0) is 6.18 Å². The molecule has 0 aliphatic rings. The number of para-hydroxylation sites is 1. The third-order valence-corrected chi connectivity index (χ3v) is 3.69. The van der Waals surface area contributed by atoms with E-state index in [0.29, 0.717) is 6.07 Å². The molecule has 0 bridgehead atoms. The van der Waals surface area contributed by atoms with E-state index in [0.717, 1.165) is 16.7 Å². The van der Waals surface area contributed by atoms with Crippen LogP contribution in [-0.4, -0.2) is 22.3 Å². The van der Waals surface area contributed by atoms with Gasteiger partial charge in [0.2, 0.25) is 0 Å². The molecular formula is C17H11F6N3O. The standard InChI is InChI=1S/C17H11F6N3O/c18-16(19,20)9-24-14-12-7-6-10(17(21,22)23)8-13(12)26(15(27)25-14)11-4-2-1-3-5-11/h1-8H,9H2,(H,24,25,27). The Bertz CT molecular complexity index is 1020. The number of anilines is 1. The van der Waals surface area contributed by atoms with Crippen molar-refractivity contribution in [1.82, 2.24) is 9.55 Å². The molecule has 0 fully saturated rings. The summed E-state index contributed by atoms with van der Waals surface area (Å²) in [7, 11) is 0. The fourth-order valence-corrected chi connectivity index (χ4v) is 2.55. The van der Waals surface area contributed by atoms with Gasteiger partial charge in [-0.2, -0.15) is 31.3 Å². The molecule has 3 aromatic rings. The van der Waals surface area contributed by atoms with E-state index < -0.39 is 36.0 Å². The van der Waals surface area contributed by atoms with Gasteiger partial charge in [0.15, 0.2) is 0 Å². The second-order valence-electron chi connectivity index (χ2n) is 5.61. The van der Waals surface area contributed by atoms with Crippen molar-refractivity contribution in [3.8, 4) is 5.69 Å². The zero-order chi connectivity index (χ0) is 19.8. The number of alkyl halides is 6. The normalized spacial score (nSPS) is 12.4. The largest absolute Gasteiger partial charge is 0.416 e. The molecule has 1 aromatic heterocycles. The highest BCUT2D eigenvalue weighted by Crippen LogP contribution is 2.33. The number of hydrogen-bond acceptors (Lipinski definition) is 3. The van der Waals surface area contributed by atoms with Crippen LogP contribution < -0.4 is 11.0 Å². The molecule has 2 aromatic carbocycles. The summed E-state index contributed by atoms with van der Waals surface area (Å²) < 4.78 is 77.6. The van der Waals surface area contributed by atoms with Crippen molar-refractivity contribution in [2.45, 2.75) is 12.4 Å². The van der Waals surface area contributed by atoms with E-state index in [4.69, 9.17) is 0 Å². The van der Waals surface area contributed by atoms with Gasteiger partial charge in [-0.3, -0.25) is 4.57 Å². The minimum atomic E-state index is -4.69. The zero-order valence-electron chi connectivity index (χ0n) is 13.4. The van der Waals surface area contributed by atoms with Gasteiger partial charge < -0.3 is 5.32 Å². The maximum Gasteiger partial charge on any atom is 0.416 e. The highest BCUT2D eigenvalue weighted by Gasteiger charge is 2.32. The van der Waals surface area contributed by atoms with Gasteiger partial charge in [0.05, 0.1) is 16.8 Å². The van der Waals surface area contributed by atoms with Crippen molar-refractivity contribution < 1.29 is 26.3 Å². The van der Waals surface area contributed by atoms with Crippen molar-refractivity contribution >= 4 is 16.7 Å². The van der Waals surface area contributed by atoms with Crippen LogP contribution in [0.25, 0.3) is 16.6 Å². The first-order valence-electron chi connectivity index (χ1n) is 7.56. The van der Waals surface area contributed by atoms with Gasteiger partial charge in [-0.25, -0.2) is 4.79 Å². The van der Waals surface area contributed by atoms with Gasteiger partial charge in [0.25, 0.3) is 0 Å². The lowest BCUT2D eigenvalue weighted by Gasteiger charge is -2.16. The van der Waals surface area contributed by atoms with Crippen LogP contribution >= 0.6 is 0 Å². The molecule has 4 nitrogen and oxygen atoms in total. The van der Waals surface area contributed by atoms with Crippen molar-refractivity contribution in [2.24, 2.45) is 0 Å². The van der Waals surface area contributed by atoms with E-state index in [2.05, 4.69) is 4.98 Å². The maximum atomic E-state index is 13.1. The number of hydrogen-bond donors (Lipinski definition) is 1. The Morgan fingerprint density at radius 3 is 2.22 bits per heavy atom. The SMILES string of the molecule is O=c1nc(NCC(F)(F)F)c2ccc(C(F)(F)F)cc2n1-c1ccccc1. The molecule has 10 heteroatoms. The van der Waals surface area contributed by atoms with E-state index in [9.17, 15) is 31.1 Å². The lowest BCUT2D eigenvalue weighted by Crippen LogP contribution is -2.27. The molecule has 27 heavy (non-hydrogen) atoms. The Balaban J connectivity index is 2.28. The van der Waals surface area contributed by atoms with E-state index in [-0.39, 0.29) is 16.6 Å². The van der Waals surface area contributed by atoms with Crippen LogP contribution in [0.15, 0.2) is 53.3 Å². The highest BCUT2D eigenvalue weighted by molar-refractivity contribution is 5.90. The topological polar surface area (TPSA) is 46.9 Å². The first-order chi connectivity index (χ1) is 12.6. The van der Waals surface area contributed by atoms with Crippen LogP contribution in [0.2, 0.25) is 0 Å². The molecule has 1 heterocycles. The Kier molecular flexibility index (Phi) is 4.58. The molecule has 0 unspecified atom stereocenters. The minimum Gasteiger partial charge on any atom is -0.360 e. The smallest absolute Gasteiger partial charge is 0.360 e. The molecule has 0 aliphatic heterocycles. The van der Waals surface area contributed by atoms with Crippen LogP contribution in [0, 0.1) is 0 Å². The maximum absolute atomic E-state index is 13.1. The zero-order valence-corrected chi connectivity index (χ0v) is 13.4. The lowest BCUT2D eigenvalue weighted by atomic mass is 10.1. The van der Waals surface area contributed by atoms with Crippen LogP contribution in [0.1, 0.15) is 5.56 Å². The Hall–Kier alpha value is -3.04. The summed E-state index contributed by atoms with van der Waals surface area (Å²) in [6.45, 7) is -1.48. The second-order valence-corrected chi connectivity index (χ2v) is 5.61. The highest BCUT2D eigenvalue weighted by atomic mass is 19.4. The molecule has 3 rings (SSSR count). The summed E-state index contributed by atoms with van der Waals surface area (Å²) in [4.78, 5) is 16.0. The fraction of sp³-hybridized carbons (Fsp3) is 0.176. The van der Waals surface area contributed by atoms with Crippen LogP contribution in [0.5, 0.6) is 0 Å². The summed E-state index contributed by atoms with van der Waals surface area (Å²) in [6.07, 6.45) is -9.28. The Labute approximate surface area is 148 Å². The molecule has 142 valence electrons. The number of aromatic nitrogens is 2. The van der Waals surface area contributed by atoms with Crippen LogP contribution in [0.4, 0.5) is 32.2 Å². The van der Waals surface area contributed by atoms with Gasteiger partial charge in [0.1, 0.15) is 12.4 Å². The average Bonchev–Trinajstić information content (AvgIpc) is 2.58. The molecule has 0 spiro atoms. The first kappa shape index (κ1) is 18.7. The summed E-state index contributed by atoms with van der Waals surface area (Å²) >= 11 is 0. The van der Waals surface area contributed by atoms with Crippen molar-refractivity contribution in [3.63, 3.8) is 0 Å². The molecule has 0 saturated carbocycles. The van der Waals surface area contributed by atoms with Gasteiger partial charge in [0, 0.05) is 5.39 Å². The lowest BCUT2D eigenvalue weighted by molar-refractivity contribution is -0.137. The number of fused-ring (bicyclic) bond motifs is 1. The molecule has 0 radical (unpaired) electrons. The second kappa shape index (κ2) is 6.60. The van der Waals surface area contributed by atoms with Crippen molar-refractivity contribution in [3.05, 3.63) is 64.6 Å². The number of nitrogens with one attached hydrogen (secondary N) is 1. The first-order valence-corrected chi connectivity index (χ1v) is 7.56. The predicted molar refractivity (Wildman–Crippen MR) is 86.9 cm³/mol. The molecule has 0 atom stereocenters. The van der Waals surface area contributed by atoms with E-state index >= 15 is 0 Å². The summed E-state index contributed by atoms with van der Waals surface area (Å²) in [6, 6.07) is 10.2. The fourth-order valence-electron chi connectivity index (χ4n) is 2.55. The van der Waals surface area contributed by atoms with E-state index in [1.807, 2.05) is 5.32 Å². The molecule has 0 saturated heterocycles. The number of benzene rings is 2. The van der Waals surface area contributed by atoms with Gasteiger partial charge in [-0.15, -0.1) is 0 Å². The average molecular weight is 387 g/mol. The quantitative estimate of drug-likeness (QED) is 0.679. The number of rotatable bonds is 3. The Morgan fingerprint density at radius 2 is 1.63 bits per heavy atom. The third kappa shape index (κ3) is 4.04. The molecule has 0 aliphatic carbocycles. The number of nitrogens with zero attached hydrogens (tertiary/aromatic N) is 2. The number of halogens is 6. The summed E-state index contributed by atoms with van der Waals surface area (Å²) in [5, 5.41) is 1.93. The molecule has 1 N–H and O–H groups in total. The summed E-state index contributed by atoms with van der Waals surface area (Å²) in [5.41, 5.74) is -2.01. The Morgan fingerprint density at radius 1 is 0.963 bits per heavy atom. The van der Waals surface area contributed by atoms with Gasteiger partial charge in [-0.05, 0) is 30.3 Å². The van der Waals surface area contributed by atoms with Crippen molar-refractivity contribution in [1.29, 1.82) is 0 Å². The van der Waals surface area contributed by atoms with Crippen molar-refractivity contribution in [2.75, 3.05) is 11.9 Å². The summed E-state index contributed by atoms with van der Waals surface area (Å²) in [5.74, 6) is -0.437. The van der Waals surface area contributed by atoms with E-state index in [1.54, 1.807) is 18.2 Å². The van der Waals surface area contributed by atoms with Crippen LogP contribution in [0.3, 0.4) is 0 Å². The minimum absolute atomic E-state index is 0.0456. The van der Waals surface area contributed by atoms with Gasteiger partial charge in [-0.1, -0.05) is 18.2 Å². The molecular weight excluding hydrogens is 376 g/mol. The third-order valence-electron chi connectivity index (χ3n) is 3.69. The monoisotopic (exact) mass is 387 g/mol. The molecule has 0 amide bonds. The van der Waals surface area contributed by atoms with E-state index in [1.165, 1.54) is 12.1 Å². The predicted octanol–water partition coefficient (Wildman–Crippen LogP) is 4.38. The van der Waals surface area contributed by atoms with Gasteiger partial charge >= 0.3 is 18.0 Å².